The first-order chi connectivity index (χ1) is 9.52. The molecule has 20 heavy (non-hydrogen) atoms. The van der Waals surface area contributed by atoms with Crippen LogP contribution in [0.25, 0.3) is 0 Å². The van der Waals surface area contributed by atoms with Crippen LogP contribution in [-0.2, 0) is 0 Å². The minimum Gasteiger partial charge on any atom is -0.0724 e. The highest BCUT2D eigenvalue weighted by Gasteiger charge is 2.54. The molecule has 0 aromatic heterocycles. The van der Waals surface area contributed by atoms with Crippen molar-refractivity contribution in [2.75, 3.05) is 0 Å². The maximum Gasteiger partial charge on any atom is 0.0838 e. The highest BCUT2D eigenvalue weighted by Crippen LogP contribution is 2.62. The first kappa shape index (κ1) is 17.3. The Bertz CT molecular complexity index is 262. The second-order valence-electron chi connectivity index (χ2n) is 7.35. The van der Waals surface area contributed by atoms with Crippen molar-refractivity contribution in [1.82, 2.24) is 0 Å². The molecule has 2 aliphatic rings. The van der Waals surface area contributed by atoms with E-state index in [2.05, 4.69) is 45.7 Å². The lowest BCUT2D eigenvalue weighted by molar-refractivity contribution is 0.00890. The fraction of sp³-hybridized carbons (Fsp3) is 1.00. The van der Waals surface area contributed by atoms with Gasteiger partial charge in [-0.3, -0.25) is 0 Å². The molecule has 2 saturated carbocycles. The van der Waals surface area contributed by atoms with Gasteiger partial charge in [0.1, 0.15) is 0 Å². The van der Waals surface area contributed by atoms with E-state index in [9.17, 15) is 0 Å². The zero-order valence-corrected chi connectivity index (χ0v) is 16.6. The number of hydrogen-bond donors (Lipinski definition) is 0. The summed E-state index contributed by atoms with van der Waals surface area (Å²) in [5, 5.41) is 0. The van der Waals surface area contributed by atoms with Gasteiger partial charge in [-0.15, -0.1) is 0 Å². The molecule has 0 aromatic carbocycles. The smallest absolute Gasteiger partial charge is 0.0724 e. The molecule has 0 unspecified atom stereocenters. The van der Waals surface area contributed by atoms with Gasteiger partial charge in [0.25, 0.3) is 0 Å². The third kappa shape index (κ3) is 3.47. The second-order valence-corrected chi connectivity index (χ2v) is 11.6. The lowest BCUT2D eigenvalue weighted by atomic mass is 9.56. The molecule has 0 nitrogen and oxygen atoms in total. The second kappa shape index (κ2) is 7.49. The summed E-state index contributed by atoms with van der Waals surface area (Å²) in [5.41, 5.74) is 0.461. The van der Waals surface area contributed by atoms with Gasteiger partial charge < -0.3 is 0 Å². The van der Waals surface area contributed by atoms with Crippen LogP contribution in [0.1, 0.15) is 90.9 Å². The SMILES string of the molecule is CCCC(C1CCCCC1)(C1CCCCC1)C(C)(Br)Br. The minimum atomic E-state index is 0.104. The van der Waals surface area contributed by atoms with Crippen molar-refractivity contribution in [3.63, 3.8) is 0 Å². The summed E-state index contributed by atoms with van der Waals surface area (Å²) < 4.78 is 0.104. The first-order valence-corrected chi connectivity index (χ1v) is 10.5. The zero-order valence-electron chi connectivity index (χ0n) is 13.4. The maximum atomic E-state index is 4.09. The van der Waals surface area contributed by atoms with E-state index in [1.54, 1.807) is 0 Å². The zero-order chi connectivity index (χ0) is 14.6. The van der Waals surface area contributed by atoms with Gasteiger partial charge in [0.15, 0.2) is 0 Å². The Morgan fingerprint density at radius 1 is 0.800 bits per heavy atom. The summed E-state index contributed by atoms with van der Waals surface area (Å²) in [5.74, 6) is 1.84. The van der Waals surface area contributed by atoms with E-state index < -0.39 is 0 Å². The summed E-state index contributed by atoms with van der Waals surface area (Å²) in [4.78, 5) is 0. The number of halogens is 2. The van der Waals surface area contributed by atoms with Crippen LogP contribution in [0.5, 0.6) is 0 Å². The predicted molar refractivity (Wildman–Crippen MR) is 96.8 cm³/mol. The van der Waals surface area contributed by atoms with E-state index in [-0.39, 0.29) is 3.23 Å². The van der Waals surface area contributed by atoms with Gasteiger partial charge in [-0.2, -0.15) is 0 Å². The van der Waals surface area contributed by atoms with Gasteiger partial charge in [0, 0.05) is 5.41 Å². The van der Waals surface area contributed by atoms with Crippen LogP contribution in [0.15, 0.2) is 0 Å². The predicted octanol–water partition coefficient (Wildman–Crippen LogP) is 7.44. The average molecular weight is 408 g/mol. The highest BCUT2D eigenvalue weighted by molar-refractivity contribution is 9.25. The van der Waals surface area contributed by atoms with Crippen LogP contribution in [0.3, 0.4) is 0 Å². The molecule has 2 fully saturated rings. The number of rotatable bonds is 5. The van der Waals surface area contributed by atoms with Crippen LogP contribution in [-0.4, -0.2) is 3.23 Å². The molecule has 118 valence electrons. The van der Waals surface area contributed by atoms with Crippen molar-refractivity contribution in [3.8, 4) is 0 Å². The minimum absolute atomic E-state index is 0.104. The van der Waals surface area contributed by atoms with E-state index in [0.29, 0.717) is 5.41 Å². The van der Waals surface area contributed by atoms with Crippen LogP contribution in [0, 0.1) is 17.3 Å². The monoisotopic (exact) mass is 406 g/mol. The molecule has 2 heteroatoms. The third-order valence-electron chi connectivity index (χ3n) is 6.15. The van der Waals surface area contributed by atoms with Crippen LogP contribution >= 0.6 is 31.9 Å². The van der Waals surface area contributed by atoms with Gasteiger partial charge >= 0.3 is 0 Å². The van der Waals surface area contributed by atoms with Gasteiger partial charge in [0.2, 0.25) is 0 Å². The Morgan fingerprint density at radius 2 is 1.20 bits per heavy atom. The molecular formula is C18H32Br2. The summed E-state index contributed by atoms with van der Waals surface area (Å²) in [7, 11) is 0. The molecule has 0 atom stereocenters. The molecule has 0 aliphatic heterocycles. The standard InChI is InChI=1S/C18H32Br2/c1-3-14-18(17(2,19)20,15-10-6-4-7-11-15)16-12-8-5-9-13-16/h15-16H,3-14H2,1-2H3. The van der Waals surface area contributed by atoms with Crippen molar-refractivity contribution in [3.05, 3.63) is 0 Å². The van der Waals surface area contributed by atoms with Crippen molar-refractivity contribution in [1.29, 1.82) is 0 Å². The van der Waals surface area contributed by atoms with Crippen molar-refractivity contribution in [2.24, 2.45) is 17.3 Å². The molecule has 0 spiro atoms. The lowest BCUT2D eigenvalue weighted by Gasteiger charge is -2.55. The van der Waals surface area contributed by atoms with Gasteiger partial charge in [0.05, 0.1) is 3.23 Å². The number of hydrogen-bond acceptors (Lipinski definition) is 0. The molecule has 0 saturated heterocycles. The van der Waals surface area contributed by atoms with Crippen molar-refractivity contribution < 1.29 is 0 Å². The van der Waals surface area contributed by atoms with E-state index >= 15 is 0 Å². The number of alkyl halides is 2. The maximum absolute atomic E-state index is 4.09. The molecule has 2 rings (SSSR count). The third-order valence-corrected chi connectivity index (χ3v) is 7.62. The first-order valence-electron chi connectivity index (χ1n) is 8.90. The molecule has 0 radical (unpaired) electrons. The molecular weight excluding hydrogens is 376 g/mol. The molecule has 0 amide bonds. The Labute approximate surface area is 143 Å². The molecule has 0 N–H and O–H groups in total. The fourth-order valence-electron chi connectivity index (χ4n) is 5.33. The van der Waals surface area contributed by atoms with Crippen LogP contribution in [0.4, 0.5) is 0 Å². The topological polar surface area (TPSA) is 0 Å². The summed E-state index contributed by atoms with van der Waals surface area (Å²) in [6.07, 6.45) is 17.3. The van der Waals surface area contributed by atoms with Gasteiger partial charge in [-0.1, -0.05) is 83.7 Å². The van der Waals surface area contributed by atoms with Crippen LogP contribution in [0.2, 0.25) is 0 Å². The van der Waals surface area contributed by atoms with Crippen LogP contribution < -0.4 is 0 Å². The molecule has 2 aliphatic carbocycles. The highest BCUT2D eigenvalue weighted by atomic mass is 79.9. The van der Waals surface area contributed by atoms with Gasteiger partial charge in [-0.25, -0.2) is 0 Å². The Kier molecular flexibility index (Phi) is 6.48. The van der Waals surface area contributed by atoms with Crippen molar-refractivity contribution in [2.45, 2.75) is 94.1 Å². The normalized spacial score (nSPS) is 24.0. The molecule has 0 aromatic rings. The summed E-state index contributed by atoms with van der Waals surface area (Å²) in [6.45, 7) is 4.78. The Balaban J connectivity index is 2.31. The Morgan fingerprint density at radius 3 is 1.50 bits per heavy atom. The molecule has 0 heterocycles. The summed E-state index contributed by atoms with van der Waals surface area (Å²) in [6, 6.07) is 0. The summed E-state index contributed by atoms with van der Waals surface area (Å²) >= 11 is 8.18. The fourth-order valence-corrected chi connectivity index (χ4v) is 7.02. The molecule has 0 bridgehead atoms. The van der Waals surface area contributed by atoms with E-state index in [4.69, 9.17) is 0 Å². The largest absolute Gasteiger partial charge is 0.0838 e. The lowest BCUT2D eigenvalue weighted by Crippen LogP contribution is -2.50. The van der Waals surface area contributed by atoms with E-state index in [1.807, 2.05) is 0 Å². The van der Waals surface area contributed by atoms with Gasteiger partial charge in [-0.05, 0) is 50.9 Å². The Hall–Kier alpha value is 0.960. The van der Waals surface area contributed by atoms with Crippen molar-refractivity contribution >= 4 is 31.9 Å². The quantitative estimate of drug-likeness (QED) is 0.415. The average Bonchev–Trinajstić information content (AvgIpc) is 2.45. The van der Waals surface area contributed by atoms with E-state index in [0.717, 1.165) is 11.8 Å². The van der Waals surface area contributed by atoms with E-state index in [1.165, 1.54) is 77.0 Å².